The monoisotopic (exact) mass is 507 g/mol. The molecular formula is C24H30NO7PS. The third-order valence-corrected chi connectivity index (χ3v) is 8.16. The second-order valence-electron chi connectivity index (χ2n) is 8.34. The number of hydrogen-bond donors (Lipinski definition) is 1. The summed E-state index contributed by atoms with van der Waals surface area (Å²) in [5.74, 6) is 0.239. The van der Waals surface area contributed by atoms with Crippen molar-refractivity contribution in [1.29, 1.82) is 0 Å². The molecule has 0 bridgehead atoms. The van der Waals surface area contributed by atoms with Crippen LogP contribution in [0.5, 0.6) is 0 Å². The molecule has 0 atom stereocenters. The Balaban J connectivity index is 1.46. The van der Waals surface area contributed by atoms with Crippen LogP contribution >= 0.6 is 19.6 Å². The first-order chi connectivity index (χ1) is 16.2. The van der Waals surface area contributed by atoms with Gasteiger partial charge in [-0.05, 0) is 22.3 Å². The average molecular weight is 508 g/mol. The molecule has 0 saturated heterocycles. The second-order valence-corrected chi connectivity index (χ2v) is 11.3. The highest BCUT2D eigenvalue weighted by Gasteiger charge is 2.31. The Bertz CT molecular complexity index is 1020. The largest absolute Gasteiger partial charge is 0.474 e. The maximum absolute atomic E-state index is 12.6. The Kier molecular flexibility index (Phi) is 8.95. The number of carbonyl (C=O) groups excluding carboxylic acids is 2. The Hall–Kier alpha value is -2.16. The van der Waals surface area contributed by atoms with Crippen LogP contribution in [0.2, 0.25) is 0 Å². The molecule has 0 heterocycles. The smallest absolute Gasteiger partial charge is 0.449 e. The van der Waals surface area contributed by atoms with Gasteiger partial charge in [-0.25, -0.2) is 9.36 Å². The van der Waals surface area contributed by atoms with Gasteiger partial charge < -0.3 is 10.1 Å². The molecule has 10 heteroatoms. The number of rotatable bonds is 11. The fourth-order valence-corrected chi connectivity index (χ4v) is 5.29. The summed E-state index contributed by atoms with van der Waals surface area (Å²) in [5, 5.41) is 2.56. The van der Waals surface area contributed by atoms with Crippen LogP contribution in [0.25, 0.3) is 11.1 Å². The number of amides is 1. The van der Waals surface area contributed by atoms with Crippen LogP contribution in [0.3, 0.4) is 0 Å². The number of nitrogens with one attached hydrogen (secondary N) is 1. The lowest BCUT2D eigenvalue weighted by Gasteiger charge is -2.23. The van der Waals surface area contributed by atoms with Crippen molar-refractivity contribution in [1.82, 2.24) is 5.32 Å². The molecule has 0 spiro atoms. The number of fused-ring (bicyclic) bond motifs is 3. The lowest BCUT2D eigenvalue weighted by molar-refractivity contribution is -0.117. The fourth-order valence-electron chi connectivity index (χ4n) is 3.67. The van der Waals surface area contributed by atoms with Crippen LogP contribution in [-0.4, -0.2) is 50.9 Å². The molecule has 2 aromatic carbocycles. The molecule has 3 rings (SSSR count). The van der Waals surface area contributed by atoms with E-state index in [4.69, 9.17) is 9.26 Å². The van der Waals surface area contributed by atoms with Crippen molar-refractivity contribution in [2.45, 2.75) is 19.8 Å². The molecule has 1 aliphatic carbocycles. The Morgan fingerprint density at radius 3 is 2.12 bits per heavy atom. The van der Waals surface area contributed by atoms with Crippen LogP contribution in [0.1, 0.15) is 30.9 Å². The molecule has 34 heavy (non-hydrogen) atoms. The van der Waals surface area contributed by atoms with Crippen LogP contribution in [0.4, 0.5) is 4.79 Å². The first-order valence-electron chi connectivity index (χ1n) is 10.8. The van der Waals surface area contributed by atoms with Gasteiger partial charge in [0.15, 0.2) is 5.12 Å². The van der Waals surface area contributed by atoms with Crippen molar-refractivity contribution in [2.24, 2.45) is 5.41 Å². The van der Waals surface area contributed by atoms with E-state index in [-0.39, 0.29) is 36.5 Å². The summed E-state index contributed by atoms with van der Waals surface area (Å²) in [6.45, 7) is 3.82. The lowest BCUT2D eigenvalue weighted by Crippen LogP contribution is -2.38. The number of carbonyl (C=O) groups is 2. The zero-order valence-corrected chi connectivity index (χ0v) is 21.4. The highest BCUT2D eigenvalue weighted by molar-refractivity contribution is 8.13. The molecule has 0 saturated carbocycles. The predicted molar refractivity (Wildman–Crippen MR) is 132 cm³/mol. The van der Waals surface area contributed by atoms with Gasteiger partial charge in [0.05, 0.1) is 12.0 Å². The number of alkyl carbamates (subject to hydrolysis) is 1. The summed E-state index contributed by atoms with van der Waals surface area (Å²) in [7, 11) is -1.12. The van der Waals surface area contributed by atoms with Gasteiger partial charge >= 0.3 is 13.9 Å². The predicted octanol–water partition coefficient (Wildman–Crippen LogP) is 5.23. The number of benzene rings is 2. The van der Waals surface area contributed by atoms with Crippen LogP contribution in [-0.2, 0) is 27.7 Å². The molecule has 0 unspecified atom stereocenters. The summed E-state index contributed by atoms with van der Waals surface area (Å²) in [4.78, 5) is 25.0. The van der Waals surface area contributed by atoms with Gasteiger partial charge in [0.2, 0.25) is 0 Å². The van der Waals surface area contributed by atoms with Crippen LogP contribution < -0.4 is 5.32 Å². The average Bonchev–Trinajstić information content (AvgIpc) is 3.17. The van der Waals surface area contributed by atoms with E-state index >= 15 is 0 Å². The molecule has 1 N–H and O–H groups in total. The van der Waals surface area contributed by atoms with E-state index < -0.39 is 19.3 Å². The van der Waals surface area contributed by atoms with Crippen molar-refractivity contribution < 1.29 is 32.5 Å². The molecule has 1 aliphatic rings. The highest BCUT2D eigenvalue weighted by atomic mass is 32.2. The summed E-state index contributed by atoms with van der Waals surface area (Å²) < 4.78 is 31.8. The minimum atomic E-state index is -3.56. The van der Waals surface area contributed by atoms with Gasteiger partial charge in [-0.2, -0.15) is 0 Å². The van der Waals surface area contributed by atoms with Crippen molar-refractivity contribution in [3.05, 3.63) is 59.7 Å². The third kappa shape index (κ3) is 6.29. The summed E-state index contributed by atoms with van der Waals surface area (Å²) in [5.41, 5.74) is 3.76. The number of phosphoric acid groups is 1. The summed E-state index contributed by atoms with van der Waals surface area (Å²) >= 11 is 1.03. The maximum Gasteiger partial charge on any atom is 0.474 e. The second kappa shape index (κ2) is 11.5. The van der Waals surface area contributed by atoms with E-state index in [9.17, 15) is 14.2 Å². The maximum atomic E-state index is 12.6. The zero-order chi connectivity index (χ0) is 24.8. The van der Waals surface area contributed by atoms with Crippen LogP contribution in [0.15, 0.2) is 48.5 Å². The molecule has 184 valence electrons. The van der Waals surface area contributed by atoms with Gasteiger partial charge in [0.1, 0.15) is 6.61 Å². The quantitative estimate of drug-likeness (QED) is 0.326. The van der Waals surface area contributed by atoms with E-state index in [1.165, 1.54) is 14.2 Å². The van der Waals surface area contributed by atoms with E-state index in [0.717, 1.165) is 34.0 Å². The van der Waals surface area contributed by atoms with Gasteiger partial charge in [0.25, 0.3) is 0 Å². The number of thioether (sulfide) groups is 1. The molecule has 0 fully saturated rings. The normalized spacial score (nSPS) is 13.3. The molecule has 0 radical (unpaired) electrons. The van der Waals surface area contributed by atoms with E-state index in [0.29, 0.717) is 0 Å². The molecule has 2 aromatic rings. The van der Waals surface area contributed by atoms with Crippen molar-refractivity contribution >= 4 is 30.8 Å². The Morgan fingerprint density at radius 1 is 1.00 bits per heavy atom. The van der Waals surface area contributed by atoms with Gasteiger partial charge in [-0.3, -0.25) is 18.4 Å². The van der Waals surface area contributed by atoms with E-state index in [1.807, 2.05) is 24.3 Å². The Morgan fingerprint density at radius 2 is 1.56 bits per heavy atom. The SMILES string of the molecule is COP(=O)(OC)OCCSC(=O)C(C)(C)CNC(=O)OCC1c2ccccc2-c2ccccc21. The third-order valence-electron chi connectivity index (χ3n) is 5.58. The number of hydrogen-bond acceptors (Lipinski definition) is 8. The van der Waals surface area contributed by atoms with Crippen molar-refractivity contribution in [3.8, 4) is 11.1 Å². The molecule has 0 aromatic heterocycles. The minimum Gasteiger partial charge on any atom is -0.449 e. The standard InChI is InChI=1S/C24H30NO7PS/c1-24(2,22(26)34-14-13-32-33(28,29-3)30-4)16-25-23(27)31-15-21-19-11-7-5-9-17(19)18-10-6-8-12-20(18)21/h5-12,21H,13-16H2,1-4H3,(H,25,27). The first-order valence-corrected chi connectivity index (χ1v) is 13.3. The molecule has 0 aliphatic heterocycles. The Labute approximate surface area is 204 Å². The van der Waals surface area contributed by atoms with Gasteiger partial charge in [0, 0.05) is 32.4 Å². The molecule has 1 amide bonds. The van der Waals surface area contributed by atoms with E-state index in [2.05, 4.69) is 38.6 Å². The topological polar surface area (TPSA) is 100 Å². The highest BCUT2D eigenvalue weighted by Crippen LogP contribution is 2.47. The number of phosphoric ester groups is 1. The van der Waals surface area contributed by atoms with Gasteiger partial charge in [-0.15, -0.1) is 0 Å². The van der Waals surface area contributed by atoms with Crippen molar-refractivity contribution in [3.63, 3.8) is 0 Å². The van der Waals surface area contributed by atoms with Crippen LogP contribution in [0, 0.1) is 5.41 Å². The molecule has 8 nitrogen and oxygen atoms in total. The van der Waals surface area contributed by atoms with E-state index in [1.54, 1.807) is 13.8 Å². The zero-order valence-electron chi connectivity index (χ0n) is 19.7. The number of ether oxygens (including phenoxy) is 1. The molecular weight excluding hydrogens is 477 g/mol. The summed E-state index contributed by atoms with van der Waals surface area (Å²) in [6, 6.07) is 16.2. The first kappa shape index (κ1) is 26.4. The minimum absolute atomic E-state index is 0.0191. The lowest BCUT2D eigenvalue weighted by atomic mass is 9.96. The van der Waals surface area contributed by atoms with Crippen molar-refractivity contribution in [2.75, 3.05) is 39.7 Å². The summed E-state index contributed by atoms with van der Waals surface area (Å²) in [6.07, 6.45) is -0.572. The fraction of sp³-hybridized carbons (Fsp3) is 0.417. The van der Waals surface area contributed by atoms with Gasteiger partial charge in [-0.1, -0.05) is 74.1 Å².